The van der Waals surface area contributed by atoms with E-state index in [-0.39, 0.29) is 57.7 Å². The van der Waals surface area contributed by atoms with E-state index in [0.717, 1.165) is 45.3 Å². The van der Waals surface area contributed by atoms with Gasteiger partial charge in [-0.2, -0.15) is 23.1 Å². The molecule has 2 unspecified atom stereocenters. The Morgan fingerprint density at radius 3 is 2.65 bits per heavy atom. The number of halogens is 5. The lowest BCUT2D eigenvalue weighted by Gasteiger charge is -2.36. The standard InChI is InChI=1S/C31H32ClF4N7O3/c1-44-28-20(19-7-15(32)8-22-23(19)24(26(37)46-22)31(34,35)36)9-21-25(40-28)27(43-17-3-4-18(43)12-38-11-17)41-29(39-21)45-14-30-5-2-6-42(30)13-16(33)10-30/h7-9,16-18,38H,2-6,10-14,37H2,1H3/t16-,17?,18?,30+/m1/s1. The first-order valence-corrected chi connectivity index (χ1v) is 15.8. The summed E-state index contributed by atoms with van der Waals surface area (Å²) in [7, 11) is 1.40. The minimum atomic E-state index is -4.81. The minimum absolute atomic E-state index is 0.0605. The van der Waals surface area contributed by atoms with Gasteiger partial charge in [0.05, 0.1) is 18.2 Å². The van der Waals surface area contributed by atoms with E-state index in [9.17, 15) is 17.6 Å². The molecule has 0 spiro atoms. The van der Waals surface area contributed by atoms with Crippen molar-refractivity contribution in [1.29, 1.82) is 0 Å². The van der Waals surface area contributed by atoms with E-state index in [2.05, 4.69) is 15.1 Å². The third-order valence-electron chi connectivity index (χ3n) is 10.0. The van der Waals surface area contributed by atoms with E-state index in [1.807, 2.05) is 0 Å². The predicted molar refractivity (Wildman–Crippen MR) is 164 cm³/mol. The van der Waals surface area contributed by atoms with Crippen LogP contribution in [0.25, 0.3) is 33.1 Å². The van der Waals surface area contributed by atoms with E-state index in [4.69, 9.17) is 46.2 Å². The number of benzene rings is 1. The van der Waals surface area contributed by atoms with Gasteiger partial charge in [-0.05, 0) is 44.4 Å². The van der Waals surface area contributed by atoms with Crippen molar-refractivity contribution in [2.75, 3.05) is 50.5 Å². The van der Waals surface area contributed by atoms with Crippen molar-refractivity contribution in [3.63, 3.8) is 0 Å². The molecule has 7 heterocycles. The van der Waals surface area contributed by atoms with Crippen LogP contribution < -0.4 is 25.4 Å². The van der Waals surface area contributed by atoms with E-state index >= 15 is 0 Å². The van der Waals surface area contributed by atoms with Gasteiger partial charge in [0.25, 0.3) is 0 Å². The number of hydrogen-bond donors (Lipinski definition) is 2. The summed E-state index contributed by atoms with van der Waals surface area (Å²) in [5, 5.41) is 3.35. The van der Waals surface area contributed by atoms with Crippen LogP contribution in [0, 0.1) is 0 Å². The van der Waals surface area contributed by atoms with Crippen LogP contribution in [0.5, 0.6) is 11.9 Å². The summed E-state index contributed by atoms with van der Waals surface area (Å²) in [6.45, 7) is 2.97. The predicted octanol–water partition coefficient (Wildman–Crippen LogP) is 5.60. The van der Waals surface area contributed by atoms with Crippen LogP contribution in [0.15, 0.2) is 22.6 Å². The van der Waals surface area contributed by atoms with Gasteiger partial charge in [0.15, 0.2) is 5.82 Å². The molecule has 3 N–H and O–H groups in total. The summed E-state index contributed by atoms with van der Waals surface area (Å²) >= 11 is 6.38. The number of aromatic nitrogens is 3. The number of anilines is 2. The van der Waals surface area contributed by atoms with Gasteiger partial charge in [-0.1, -0.05) is 11.6 Å². The van der Waals surface area contributed by atoms with Crippen LogP contribution in [0.1, 0.15) is 37.7 Å². The third kappa shape index (κ3) is 4.70. The summed E-state index contributed by atoms with van der Waals surface area (Å²) in [6.07, 6.45) is -1.62. The van der Waals surface area contributed by atoms with Crippen LogP contribution in [-0.4, -0.2) is 83.5 Å². The van der Waals surface area contributed by atoms with Crippen LogP contribution in [-0.2, 0) is 6.18 Å². The van der Waals surface area contributed by atoms with Gasteiger partial charge >= 0.3 is 12.2 Å². The zero-order chi connectivity index (χ0) is 32.0. The summed E-state index contributed by atoms with van der Waals surface area (Å²) in [5.74, 6) is -0.143. The number of fused-ring (bicyclic) bond motifs is 5. The Labute approximate surface area is 266 Å². The van der Waals surface area contributed by atoms with Crippen molar-refractivity contribution < 1.29 is 31.5 Å². The lowest BCUT2D eigenvalue weighted by molar-refractivity contribution is -0.135. The molecular formula is C31H32ClF4N7O3. The Bertz CT molecular complexity index is 1840. The quantitative estimate of drug-likeness (QED) is 0.253. The number of pyridine rings is 1. The maximum atomic E-state index is 14.5. The van der Waals surface area contributed by atoms with Gasteiger partial charge in [-0.15, -0.1) is 0 Å². The zero-order valence-corrected chi connectivity index (χ0v) is 25.7. The molecule has 8 rings (SSSR count). The first-order chi connectivity index (χ1) is 22.0. The summed E-state index contributed by atoms with van der Waals surface area (Å²) in [5.41, 5.74) is 5.15. The number of furan rings is 1. The largest absolute Gasteiger partial charge is 0.481 e. The molecule has 2 bridgehead atoms. The number of nitrogens with two attached hydrogens (primary N) is 1. The molecule has 15 heteroatoms. The first kappa shape index (κ1) is 29.8. The highest BCUT2D eigenvalue weighted by molar-refractivity contribution is 6.32. The normalized spacial score (nSPS) is 26.4. The van der Waals surface area contributed by atoms with Crippen LogP contribution in [0.3, 0.4) is 0 Å². The van der Waals surface area contributed by atoms with Gasteiger partial charge in [0.2, 0.25) is 11.8 Å². The highest BCUT2D eigenvalue weighted by atomic mass is 35.5. The second-order valence-electron chi connectivity index (χ2n) is 12.7. The molecule has 3 aromatic heterocycles. The second-order valence-corrected chi connectivity index (χ2v) is 13.2. The maximum Gasteiger partial charge on any atom is 0.422 e. The fourth-order valence-corrected chi connectivity index (χ4v) is 8.29. The van der Waals surface area contributed by atoms with Crippen molar-refractivity contribution in [3.8, 4) is 23.0 Å². The Morgan fingerprint density at radius 1 is 1.13 bits per heavy atom. The molecular weight excluding hydrogens is 630 g/mol. The Hall–Kier alpha value is -3.62. The SMILES string of the molecule is COc1nc2c(N3C4CCC3CNC4)nc(OC[C@@]34CCCN3C[C@H](F)C4)nc2cc1-c1cc(Cl)cc2oc(N)c(C(F)(F)F)c12. The van der Waals surface area contributed by atoms with Gasteiger partial charge in [-0.3, -0.25) is 4.90 Å². The van der Waals surface area contributed by atoms with E-state index in [0.29, 0.717) is 29.8 Å². The lowest BCUT2D eigenvalue weighted by Crippen LogP contribution is -2.52. The number of nitrogens with one attached hydrogen (secondary N) is 1. The van der Waals surface area contributed by atoms with Crippen LogP contribution in [0.2, 0.25) is 5.02 Å². The van der Waals surface area contributed by atoms with Crippen molar-refractivity contribution in [1.82, 2.24) is 25.2 Å². The average molecular weight is 662 g/mol. The average Bonchev–Trinajstić information content (AvgIpc) is 3.71. The number of rotatable bonds is 6. The molecule has 4 aliphatic heterocycles. The molecule has 244 valence electrons. The molecule has 0 amide bonds. The van der Waals surface area contributed by atoms with E-state index in [1.54, 1.807) is 6.07 Å². The van der Waals surface area contributed by atoms with E-state index < -0.39 is 29.3 Å². The Kier molecular flexibility index (Phi) is 6.93. The number of piperazine rings is 1. The molecule has 0 aliphatic carbocycles. The summed E-state index contributed by atoms with van der Waals surface area (Å²) in [6, 6.07) is 4.73. The van der Waals surface area contributed by atoms with Crippen molar-refractivity contribution >= 4 is 45.3 Å². The topological polar surface area (TPSA) is 115 Å². The van der Waals surface area contributed by atoms with Crippen molar-refractivity contribution in [3.05, 3.63) is 28.8 Å². The van der Waals surface area contributed by atoms with Gasteiger partial charge in [0.1, 0.15) is 29.4 Å². The fourth-order valence-electron chi connectivity index (χ4n) is 8.08. The number of ether oxygens (including phenoxy) is 2. The van der Waals surface area contributed by atoms with Gasteiger partial charge < -0.3 is 29.8 Å². The molecule has 4 saturated heterocycles. The number of methoxy groups -OCH3 is 1. The molecule has 4 fully saturated rings. The van der Waals surface area contributed by atoms with Gasteiger partial charge in [0, 0.05) is 65.7 Å². The van der Waals surface area contributed by atoms with Crippen molar-refractivity contribution in [2.45, 2.75) is 62.1 Å². The molecule has 10 nitrogen and oxygen atoms in total. The minimum Gasteiger partial charge on any atom is -0.481 e. The van der Waals surface area contributed by atoms with Crippen LogP contribution >= 0.6 is 11.6 Å². The molecule has 1 aromatic carbocycles. The Balaban J connectivity index is 1.31. The summed E-state index contributed by atoms with van der Waals surface area (Å²) in [4.78, 5) is 18.8. The second kappa shape index (κ2) is 10.7. The molecule has 4 aromatic rings. The number of nitrogen functional groups attached to an aromatic ring is 1. The molecule has 4 aliphatic rings. The zero-order valence-electron chi connectivity index (χ0n) is 25.0. The number of nitrogens with zero attached hydrogens (tertiary/aromatic N) is 5. The number of alkyl halides is 4. The number of hydrogen-bond acceptors (Lipinski definition) is 10. The molecule has 0 saturated carbocycles. The molecule has 46 heavy (non-hydrogen) atoms. The highest BCUT2D eigenvalue weighted by Crippen LogP contribution is 2.48. The smallest absolute Gasteiger partial charge is 0.422 e. The monoisotopic (exact) mass is 661 g/mol. The van der Waals surface area contributed by atoms with E-state index in [1.165, 1.54) is 19.2 Å². The van der Waals surface area contributed by atoms with Crippen LogP contribution in [0.4, 0.5) is 29.3 Å². The molecule has 0 radical (unpaired) electrons. The lowest BCUT2D eigenvalue weighted by atomic mass is 9.95. The van der Waals surface area contributed by atoms with Crippen molar-refractivity contribution in [2.24, 2.45) is 0 Å². The highest BCUT2D eigenvalue weighted by Gasteiger charge is 2.49. The maximum absolute atomic E-state index is 14.5. The first-order valence-electron chi connectivity index (χ1n) is 15.4. The molecule has 4 atom stereocenters. The van der Waals surface area contributed by atoms with Gasteiger partial charge in [-0.25, -0.2) is 9.37 Å². The summed E-state index contributed by atoms with van der Waals surface area (Å²) < 4.78 is 74.6. The Morgan fingerprint density at radius 2 is 1.91 bits per heavy atom. The fraction of sp³-hybridized carbons (Fsp3) is 0.516. The third-order valence-corrected chi connectivity index (χ3v) is 10.2.